The van der Waals surface area contributed by atoms with Gasteiger partial charge in [-0.25, -0.2) is 0 Å². The molecule has 2 aliphatic heterocycles. The van der Waals surface area contributed by atoms with E-state index >= 15 is 0 Å². The average molecular weight is 569 g/mol. The van der Waals surface area contributed by atoms with E-state index in [2.05, 4.69) is 33.8 Å². The number of fused-ring (bicyclic) bond motifs is 4. The topological polar surface area (TPSA) is 110 Å². The van der Waals surface area contributed by atoms with Gasteiger partial charge >= 0.3 is 17.9 Å². The van der Waals surface area contributed by atoms with E-state index in [1.807, 2.05) is 6.07 Å². The minimum absolute atomic E-state index is 0.0833. The maximum absolute atomic E-state index is 12.8. The highest BCUT2D eigenvalue weighted by molar-refractivity contribution is 5.68. The van der Waals surface area contributed by atoms with Gasteiger partial charge in [-0.15, -0.1) is 0 Å². The summed E-state index contributed by atoms with van der Waals surface area (Å²) in [7, 11) is 0. The Bertz CT molecular complexity index is 1310. The second-order valence-electron chi connectivity index (χ2n) is 13.2. The first-order valence-electron chi connectivity index (χ1n) is 14.5. The molecule has 6 rings (SSSR count). The normalized spacial score (nSPS) is 44.2. The van der Waals surface area contributed by atoms with Gasteiger partial charge in [0.2, 0.25) is 0 Å². The van der Waals surface area contributed by atoms with Crippen LogP contribution in [0.15, 0.2) is 46.5 Å². The third-order valence-corrected chi connectivity index (χ3v) is 11.0. The number of hydrogen-bond acceptors (Lipinski definition) is 9. The van der Waals surface area contributed by atoms with Crippen molar-refractivity contribution < 1.29 is 42.5 Å². The number of ether oxygens (including phenoxy) is 5. The molecule has 11 atom stereocenters. The van der Waals surface area contributed by atoms with Gasteiger partial charge in [-0.05, 0) is 36.6 Å². The maximum Gasteiger partial charge on any atom is 0.303 e. The van der Waals surface area contributed by atoms with Gasteiger partial charge in [-0.3, -0.25) is 14.4 Å². The number of esters is 3. The van der Waals surface area contributed by atoms with Gasteiger partial charge in [-0.2, -0.15) is 0 Å². The highest BCUT2D eigenvalue weighted by Gasteiger charge is 2.77. The summed E-state index contributed by atoms with van der Waals surface area (Å²) in [4.78, 5) is 37.6. The van der Waals surface area contributed by atoms with Crippen LogP contribution >= 0.6 is 0 Å². The molecule has 9 heteroatoms. The molecule has 0 aromatic carbocycles. The van der Waals surface area contributed by atoms with Crippen LogP contribution in [0.25, 0.3) is 0 Å². The maximum atomic E-state index is 12.8. The van der Waals surface area contributed by atoms with Crippen molar-refractivity contribution in [3.8, 4) is 0 Å². The first-order valence-corrected chi connectivity index (χ1v) is 14.5. The van der Waals surface area contributed by atoms with Gasteiger partial charge in [0, 0.05) is 61.2 Å². The fourth-order valence-corrected chi connectivity index (χ4v) is 9.71. The lowest BCUT2D eigenvalue weighted by molar-refractivity contribution is -0.250. The first-order chi connectivity index (χ1) is 19.3. The molecular weight excluding hydrogens is 528 g/mol. The van der Waals surface area contributed by atoms with Gasteiger partial charge in [0.15, 0.2) is 0 Å². The number of carbonyl (C=O) groups excluding carboxylic acids is 3. The molecule has 11 unspecified atom stereocenters. The molecule has 3 fully saturated rings. The first kappa shape index (κ1) is 28.1. The van der Waals surface area contributed by atoms with E-state index in [4.69, 9.17) is 28.1 Å². The summed E-state index contributed by atoms with van der Waals surface area (Å²) in [6, 6.07) is 1.98. The van der Waals surface area contributed by atoms with Gasteiger partial charge < -0.3 is 28.1 Å². The number of rotatable bonds is 4. The Morgan fingerprint density at radius 3 is 2.27 bits per heavy atom. The Kier molecular flexibility index (Phi) is 6.49. The fraction of sp³-hybridized carbons (Fsp3) is 0.656. The predicted molar refractivity (Wildman–Crippen MR) is 145 cm³/mol. The summed E-state index contributed by atoms with van der Waals surface area (Å²) >= 11 is 0. The summed E-state index contributed by atoms with van der Waals surface area (Å²) in [6.45, 7) is 13.1. The van der Waals surface area contributed by atoms with Crippen LogP contribution in [0.4, 0.5) is 0 Å². The van der Waals surface area contributed by atoms with Crippen LogP contribution in [0.5, 0.6) is 0 Å². The lowest BCUT2D eigenvalue weighted by atomic mass is 9.40. The number of carbonyl (C=O) groups is 3. The van der Waals surface area contributed by atoms with Crippen LogP contribution in [0.1, 0.15) is 72.8 Å². The second kappa shape index (κ2) is 9.48. The quantitative estimate of drug-likeness (QED) is 0.286. The molecule has 9 nitrogen and oxygen atoms in total. The minimum Gasteiger partial charge on any atom is -0.494 e. The second-order valence-corrected chi connectivity index (χ2v) is 13.2. The van der Waals surface area contributed by atoms with Crippen LogP contribution < -0.4 is 0 Å². The van der Waals surface area contributed by atoms with Crippen molar-refractivity contribution in [3.05, 3.63) is 47.6 Å². The van der Waals surface area contributed by atoms with Crippen molar-refractivity contribution in [1.82, 2.24) is 0 Å². The van der Waals surface area contributed by atoms with Gasteiger partial charge in [-0.1, -0.05) is 26.3 Å². The summed E-state index contributed by atoms with van der Waals surface area (Å²) in [5.74, 6) is -1.63. The lowest BCUT2D eigenvalue weighted by Gasteiger charge is -2.65. The molecule has 3 aliphatic carbocycles. The number of furan rings is 1. The van der Waals surface area contributed by atoms with E-state index in [0.717, 1.165) is 23.1 Å². The van der Waals surface area contributed by atoms with E-state index in [0.29, 0.717) is 13.0 Å². The van der Waals surface area contributed by atoms with Gasteiger partial charge in [0.25, 0.3) is 0 Å². The largest absolute Gasteiger partial charge is 0.494 e. The highest BCUT2D eigenvalue weighted by atomic mass is 16.6. The van der Waals surface area contributed by atoms with Crippen LogP contribution in [-0.2, 0) is 38.1 Å². The van der Waals surface area contributed by atoms with E-state index in [9.17, 15) is 14.4 Å². The van der Waals surface area contributed by atoms with Crippen LogP contribution in [0.3, 0.4) is 0 Å². The monoisotopic (exact) mass is 568 g/mol. The third-order valence-electron chi connectivity index (χ3n) is 11.0. The molecule has 0 N–H and O–H groups in total. The molecule has 1 saturated heterocycles. The Hall–Kier alpha value is -3.07. The zero-order valence-electron chi connectivity index (χ0n) is 24.8. The molecule has 0 bridgehead atoms. The summed E-state index contributed by atoms with van der Waals surface area (Å²) < 4.78 is 36.8. The smallest absolute Gasteiger partial charge is 0.303 e. The molecule has 5 aliphatic rings. The number of hydrogen-bond donors (Lipinski definition) is 0. The highest BCUT2D eigenvalue weighted by Crippen LogP contribution is 2.72. The Balaban J connectivity index is 1.58. The molecule has 3 heterocycles. The molecule has 2 saturated carbocycles. The van der Waals surface area contributed by atoms with Crippen LogP contribution in [0, 0.1) is 28.1 Å². The standard InChI is InChI=1S/C32H40O9/c1-16-21(20-8-10-36-14-20)12-22-26(16)32(7)23(9-11-37-22)31(6)25(40-18(3)34)13-24(39-17(2)33)30(5)15-38-27(28(30)31)29(32)41-19(4)35/h8-11,14,21-25,27-29H,12-13,15H2,1-7H3. The molecule has 41 heavy (non-hydrogen) atoms. The summed E-state index contributed by atoms with van der Waals surface area (Å²) in [5.41, 5.74) is 1.30. The Morgan fingerprint density at radius 2 is 1.63 bits per heavy atom. The average Bonchev–Trinajstić information content (AvgIpc) is 3.58. The number of allylic oxidation sites excluding steroid dienone is 2. The van der Waals surface area contributed by atoms with Crippen molar-refractivity contribution in [3.63, 3.8) is 0 Å². The molecule has 1 aromatic heterocycles. The van der Waals surface area contributed by atoms with E-state index < -0.39 is 58.6 Å². The molecule has 222 valence electrons. The van der Waals surface area contributed by atoms with E-state index in [1.165, 1.54) is 20.8 Å². The van der Waals surface area contributed by atoms with Gasteiger partial charge in [0.05, 0.1) is 31.5 Å². The zero-order chi connectivity index (χ0) is 29.5. The summed E-state index contributed by atoms with van der Waals surface area (Å²) in [6.07, 6.45) is 5.84. The van der Waals surface area contributed by atoms with Crippen molar-refractivity contribution in [2.45, 2.75) is 97.7 Å². The van der Waals surface area contributed by atoms with Gasteiger partial charge in [0.1, 0.15) is 24.4 Å². The van der Waals surface area contributed by atoms with Crippen LogP contribution in [-0.4, -0.2) is 55.0 Å². The Morgan fingerprint density at radius 1 is 0.951 bits per heavy atom. The Labute approximate surface area is 240 Å². The van der Waals surface area contributed by atoms with E-state index in [-0.39, 0.29) is 23.9 Å². The lowest BCUT2D eigenvalue weighted by Crippen LogP contribution is -2.72. The van der Waals surface area contributed by atoms with Crippen molar-refractivity contribution in [1.29, 1.82) is 0 Å². The van der Waals surface area contributed by atoms with E-state index in [1.54, 1.807) is 18.8 Å². The summed E-state index contributed by atoms with van der Waals surface area (Å²) in [5, 5.41) is 0. The van der Waals surface area contributed by atoms with Crippen LogP contribution in [0.2, 0.25) is 0 Å². The molecule has 0 amide bonds. The molecular formula is C32H40O9. The molecule has 1 aromatic rings. The fourth-order valence-electron chi connectivity index (χ4n) is 9.71. The van der Waals surface area contributed by atoms with Crippen molar-refractivity contribution >= 4 is 17.9 Å². The predicted octanol–water partition coefficient (Wildman–Crippen LogP) is 4.86. The van der Waals surface area contributed by atoms with Crippen molar-refractivity contribution in [2.75, 3.05) is 6.61 Å². The van der Waals surface area contributed by atoms with Crippen molar-refractivity contribution in [2.24, 2.45) is 28.1 Å². The molecule has 0 spiro atoms. The third kappa shape index (κ3) is 3.87. The zero-order valence-corrected chi connectivity index (χ0v) is 24.8. The minimum atomic E-state index is -0.750. The SMILES string of the molecule is CC(=O)OC1CC(OC(C)=O)C2(C)C3C(OCC13C)C(OC(C)=O)C1(C)C3=C(C)C(c4ccoc4)CC3OC=CC12. The molecule has 0 radical (unpaired) electrons.